The molecule has 0 saturated heterocycles. The van der Waals surface area contributed by atoms with Gasteiger partial charge in [-0.05, 0) is 13.8 Å². The van der Waals surface area contributed by atoms with E-state index in [9.17, 15) is 4.79 Å². The van der Waals surface area contributed by atoms with Crippen molar-refractivity contribution in [2.45, 2.75) is 19.4 Å². The molecule has 0 bridgehead atoms. The van der Waals surface area contributed by atoms with E-state index in [0.29, 0.717) is 0 Å². The van der Waals surface area contributed by atoms with Gasteiger partial charge in [0.1, 0.15) is 0 Å². The molecule has 0 amide bonds. The summed E-state index contributed by atoms with van der Waals surface area (Å²) in [5, 5.41) is 0. The lowest BCUT2D eigenvalue weighted by molar-refractivity contribution is -0.137. The zero-order valence-corrected chi connectivity index (χ0v) is 7.26. The number of rotatable bonds is 2. The lowest BCUT2D eigenvalue weighted by Gasteiger charge is -2.14. The average Bonchev–Trinajstić information content (AvgIpc) is 1.83. The normalized spacial score (nSPS) is 10.5. The van der Waals surface area contributed by atoms with E-state index in [1.165, 1.54) is 13.8 Å². The van der Waals surface area contributed by atoms with Crippen molar-refractivity contribution in [1.29, 1.82) is 0 Å². The first-order valence-electron chi connectivity index (χ1n) is 2.87. The highest BCUT2D eigenvalue weighted by Crippen LogP contribution is 2.11. The van der Waals surface area contributed by atoms with Gasteiger partial charge in [0, 0.05) is 12.9 Å². The number of hydrogen-bond donors (Lipinski definition) is 3. The van der Waals surface area contributed by atoms with Gasteiger partial charge in [0.15, 0.2) is 11.5 Å². The van der Waals surface area contributed by atoms with Gasteiger partial charge in [-0.15, -0.1) is 0 Å². The number of carbonyl (C=O) groups excluding carboxylic acids is 1. The lowest BCUT2D eigenvalue weighted by Crippen LogP contribution is -2.35. The highest BCUT2D eigenvalue weighted by molar-refractivity contribution is 7.75. The largest absolute Gasteiger partial charge is 0.393 e. The van der Waals surface area contributed by atoms with Gasteiger partial charge >= 0.3 is 5.97 Å². The van der Waals surface area contributed by atoms with Gasteiger partial charge in [-0.1, -0.05) is 0 Å². The van der Waals surface area contributed by atoms with Crippen molar-refractivity contribution in [2.24, 2.45) is 16.5 Å². The molecule has 0 saturated carbocycles. The van der Waals surface area contributed by atoms with Crippen LogP contribution in [0.25, 0.3) is 0 Å². The van der Waals surface area contributed by atoms with Crippen LogP contribution in [0.2, 0.25) is 0 Å². The van der Waals surface area contributed by atoms with Crippen molar-refractivity contribution in [3.05, 3.63) is 0 Å². The quantitative estimate of drug-likeness (QED) is 0.228. The lowest BCUT2D eigenvalue weighted by atomic mass is 10.1. The third kappa shape index (κ3) is 3.13. The van der Waals surface area contributed by atoms with Gasteiger partial charge in [-0.2, -0.15) is 0 Å². The van der Waals surface area contributed by atoms with Gasteiger partial charge in [-0.3, -0.25) is 0 Å². The molecule has 5 nitrogen and oxygen atoms in total. The Labute approximate surface area is 70.4 Å². The summed E-state index contributed by atoms with van der Waals surface area (Å²) in [6.45, 7) is 3.04. The maximum absolute atomic E-state index is 10.9. The van der Waals surface area contributed by atoms with Crippen LogP contribution in [0.5, 0.6) is 0 Å². The van der Waals surface area contributed by atoms with Crippen LogP contribution in [0.15, 0.2) is 4.99 Å². The smallest absolute Gasteiger partial charge is 0.345 e. The minimum absolute atomic E-state index is 0.159. The highest BCUT2D eigenvalue weighted by Gasteiger charge is 2.28. The topological polar surface area (TPSA) is 90.7 Å². The molecule has 0 aromatic rings. The average molecular weight is 177 g/mol. The van der Waals surface area contributed by atoms with E-state index in [0.717, 1.165) is 0 Å². The SMILES string of the molecule is CC(C)(N=C(N)N)C(=O)OS. The molecule has 0 rings (SSSR count). The summed E-state index contributed by atoms with van der Waals surface area (Å²) in [6.07, 6.45) is 0. The van der Waals surface area contributed by atoms with Crippen molar-refractivity contribution < 1.29 is 8.98 Å². The summed E-state index contributed by atoms with van der Waals surface area (Å²) in [6, 6.07) is 0. The van der Waals surface area contributed by atoms with E-state index >= 15 is 0 Å². The predicted octanol–water partition coefficient (Wildman–Crippen LogP) is -0.574. The summed E-state index contributed by atoms with van der Waals surface area (Å²) in [4.78, 5) is 14.5. The zero-order valence-electron chi connectivity index (χ0n) is 6.37. The van der Waals surface area contributed by atoms with Crippen LogP contribution >= 0.6 is 12.9 Å². The number of thiol groups is 1. The van der Waals surface area contributed by atoms with Gasteiger partial charge in [-0.25, -0.2) is 9.79 Å². The van der Waals surface area contributed by atoms with Crippen LogP contribution in [0.3, 0.4) is 0 Å². The van der Waals surface area contributed by atoms with Crippen molar-refractivity contribution >= 4 is 24.8 Å². The number of nitrogens with two attached hydrogens (primary N) is 2. The Balaban J connectivity index is 4.46. The van der Waals surface area contributed by atoms with Crippen LogP contribution in [0, 0.1) is 0 Å². The molecule has 0 fully saturated rings. The molecule has 11 heavy (non-hydrogen) atoms. The third-order valence-corrected chi connectivity index (χ3v) is 1.16. The molecule has 6 heteroatoms. The number of carbonyl (C=O) groups is 1. The predicted molar refractivity (Wildman–Crippen MR) is 45.0 cm³/mol. The van der Waals surface area contributed by atoms with E-state index in [1.54, 1.807) is 0 Å². The van der Waals surface area contributed by atoms with E-state index < -0.39 is 11.5 Å². The molecular formula is C5H11N3O2S. The molecule has 0 aromatic heterocycles. The van der Waals surface area contributed by atoms with E-state index in [-0.39, 0.29) is 5.96 Å². The number of guanidine groups is 1. The molecule has 0 heterocycles. The number of aliphatic imine (C=N–C) groups is 1. The van der Waals surface area contributed by atoms with Crippen LogP contribution < -0.4 is 11.5 Å². The van der Waals surface area contributed by atoms with Crippen molar-refractivity contribution in [3.63, 3.8) is 0 Å². The molecule has 0 atom stereocenters. The van der Waals surface area contributed by atoms with Gasteiger partial charge in [0.2, 0.25) is 0 Å². The molecule has 0 aliphatic rings. The minimum atomic E-state index is -1.07. The molecule has 0 unspecified atom stereocenters. The number of hydrogen-bond acceptors (Lipinski definition) is 4. The van der Waals surface area contributed by atoms with Crippen LogP contribution in [0.1, 0.15) is 13.8 Å². The molecule has 0 aliphatic heterocycles. The van der Waals surface area contributed by atoms with Crippen molar-refractivity contribution in [2.75, 3.05) is 0 Å². The monoisotopic (exact) mass is 177 g/mol. The van der Waals surface area contributed by atoms with Crippen LogP contribution in [-0.2, 0) is 8.98 Å². The highest BCUT2D eigenvalue weighted by atomic mass is 32.1. The van der Waals surface area contributed by atoms with Gasteiger partial charge in [0.25, 0.3) is 0 Å². The minimum Gasteiger partial charge on any atom is -0.393 e. The molecule has 4 N–H and O–H groups in total. The Bertz CT molecular complexity index is 186. The molecule has 0 aliphatic carbocycles. The first-order valence-corrected chi connectivity index (χ1v) is 3.23. The zero-order chi connectivity index (χ0) is 9.07. The molecule has 64 valence electrons. The summed E-state index contributed by atoms with van der Waals surface area (Å²) in [7, 11) is 0. The first kappa shape index (κ1) is 10.1. The summed E-state index contributed by atoms with van der Waals surface area (Å²) < 4.78 is 4.15. The van der Waals surface area contributed by atoms with Crippen molar-refractivity contribution in [3.8, 4) is 0 Å². The first-order chi connectivity index (χ1) is 4.90. The number of nitrogens with zero attached hydrogens (tertiary/aromatic N) is 1. The van der Waals surface area contributed by atoms with Crippen LogP contribution in [-0.4, -0.2) is 17.5 Å². The maximum atomic E-state index is 10.9. The Hall–Kier alpha value is -0.910. The summed E-state index contributed by atoms with van der Waals surface area (Å²) in [5.41, 5.74) is 9.06. The molecule has 0 radical (unpaired) electrons. The second-order valence-corrected chi connectivity index (χ2v) is 2.66. The maximum Gasteiger partial charge on any atom is 0.345 e. The summed E-state index contributed by atoms with van der Waals surface area (Å²) >= 11 is 3.33. The fourth-order valence-electron chi connectivity index (χ4n) is 0.480. The van der Waals surface area contributed by atoms with Gasteiger partial charge < -0.3 is 15.7 Å². The van der Waals surface area contributed by atoms with E-state index in [1.807, 2.05) is 0 Å². The Morgan fingerprint density at radius 2 is 2.00 bits per heavy atom. The molecule has 0 aromatic carbocycles. The van der Waals surface area contributed by atoms with Crippen molar-refractivity contribution in [1.82, 2.24) is 0 Å². The fraction of sp³-hybridized carbons (Fsp3) is 0.600. The summed E-state index contributed by atoms with van der Waals surface area (Å²) in [5.74, 6) is -0.761. The Morgan fingerprint density at radius 3 is 2.27 bits per heavy atom. The second-order valence-electron chi connectivity index (χ2n) is 2.47. The molecular weight excluding hydrogens is 166 g/mol. The Morgan fingerprint density at radius 1 is 1.55 bits per heavy atom. The third-order valence-electron chi connectivity index (χ3n) is 0.991. The van der Waals surface area contributed by atoms with Gasteiger partial charge in [0.05, 0.1) is 0 Å². The Kier molecular flexibility index (Phi) is 3.18. The second kappa shape index (κ2) is 3.47. The van der Waals surface area contributed by atoms with E-state index in [4.69, 9.17) is 11.5 Å². The fourth-order valence-corrected chi connectivity index (χ4v) is 0.703. The standard InChI is InChI=1S/C5H11N3O2S/c1-5(2,3(9)10-11)8-4(6)7/h11H,1-2H3,(H4,6,7,8). The van der Waals surface area contributed by atoms with Crippen LogP contribution in [0.4, 0.5) is 0 Å². The van der Waals surface area contributed by atoms with E-state index in [2.05, 4.69) is 22.1 Å². The molecule has 0 spiro atoms.